The van der Waals surface area contributed by atoms with Crippen LogP contribution in [0, 0.1) is 0 Å². The van der Waals surface area contributed by atoms with Gasteiger partial charge in [0.15, 0.2) is 0 Å². The van der Waals surface area contributed by atoms with E-state index < -0.39 is 0 Å². The van der Waals surface area contributed by atoms with Crippen molar-refractivity contribution in [1.29, 1.82) is 0 Å². The predicted octanol–water partition coefficient (Wildman–Crippen LogP) is 4.69. The smallest absolute Gasteiger partial charge is 0.255 e. The molecule has 31 heavy (non-hydrogen) atoms. The Hall–Kier alpha value is -2.24. The number of likely N-dealkylation sites (tertiary alicyclic amines) is 1. The number of fused-ring (bicyclic) bond motifs is 1. The number of hydrogen-bond donors (Lipinski definition) is 1. The number of aryl methyl sites for hydroxylation is 1. The van der Waals surface area contributed by atoms with Gasteiger partial charge in [-0.05, 0) is 74.2 Å². The summed E-state index contributed by atoms with van der Waals surface area (Å²) in [5, 5.41) is 3.68. The fraction of sp³-hybridized carbons (Fsp3) is 0.480. The number of methoxy groups -OCH3 is 1. The number of rotatable bonds is 6. The number of carbonyl (C=O) groups is 1. The Morgan fingerprint density at radius 3 is 2.68 bits per heavy atom. The highest BCUT2D eigenvalue weighted by Gasteiger charge is 2.25. The maximum absolute atomic E-state index is 13.0. The molecule has 1 fully saturated rings. The van der Waals surface area contributed by atoms with Crippen molar-refractivity contribution in [1.82, 2.24) is 10.2 Å². The molecule has 0 radical (unpaired) electrons. The highest BCUT2D eigenvalue weighted by molar-refractivity contribution is 6.31. The average Bonchev–Trinajstić information content (AvgIpc) is 2.80. The second kappa shape index (κ2) is 9.92. The van der Waals surface area contributed by atoms with Gasteiger partial charge in [-0.3, -0.25) is 9.69 Å². The summed E-state index contributed by atoms with van der Waals surface area (Å²) in [7, 11) is 3.74. The summed E-state index contributed by atoms with van der Waals surface area (Å²) in [4.78, 5) is 17.9. The number of carbonyl (C=O) groups excluding carboxylic acids is 1. The van der Waals surface area contributed by atoms with Crippen molar-refractivity contribution in [3.8, 4) is 5.75 Å². The van der Waals surface area contributed by atoms with Crippen LogP contribution < -0.4 is 15.0 Å². The van der Waals surface area contributed by atoms with Crippen LogP contribution in [0.2, 0.25) is 5.02 Å². The minimum Gasteiger partial charge on any atom is -0.496 e. The third kappa shape index (κ3) is 4.99. The van der Waals surface area contributed by atoms with Crippen LogP contribution in [0.15, 0.2) is 36.4 Å². The monoisotopic (exact) mass is 441 g/mol. The van der Waals surface area contributed by atoms with Gasteiger partial charge in [-0.1, -0.05) is 30.2 Å². The zero-order chi connectivity index (χ0) is 21.8. The molecule has 0 aromatic heterocycles. The summed E-state index contributed by atoms with van der Waals surface area (Å²) in [5.41, 5.74) is 4.50. The number of anilines is 1. The normalized spacial score (nSPS) is 17.7. The first kappa shape index (κ1) is 22.0. The summed E-state index contributed by atoms with van der Waals surface area (Å²) in [6.45, 7) is 3.80. The molecule has 1 amide bonds. The molecule has 1 atom stereocenters. The quantitative estimate of drug-likeness (QED) is 0.706. The highest BCUT2D eigenvalue weighted by atomic mass is 35.5. The first-order valence-electron chi connectivity index (χ1n) is 11.3. The van der Waals surface area contributed by atoms with Crippen LogP contribution in [-0.4, -0.2) is 51.1 Å². The van der Waals surface area contributed by atoms with Crippen molar-refractivity contribution in [3.05, 3.63) is 58.1 Å². The number of piperidine rings is 1. The Balaban J connectivity index is 1.56. The van der Waals surface area contributed by atoms with E-state index in [0.717, 1.165) is 26.1 Å². The van der Waals surface area contributed by atoms with Crippen molar-refractivity contribution in [2.45, 2.75) is 38.1 Å². The fourth-order valence-corrected chi connectivity index (χ4v) is 5.01. The van der Waals surface area contributed by atoms with E-state index in [1.165, 1.54) is 42.5 Å². The van der Waals surface area contributed by atoms with E-state index >= 15 is 0 Å². The molecule has 0 unspecified atom stereocenters. The SMILES string of the molecule is COc1ccc(Cl)cc1C(=O)NC[C@@H](c1ccc2c(c1)CCCN2C)N1CCCCC1. The molecule has 0 saturated carbocycles. The van der Waals surface area contributed by atoms with Gasteiger partial charge in [0.25, 0.3) is 5.91 Å². The van der Waals surface area contributed by atoms with Gasteiger partial charge < -0.3 is 15.0 Å². The van der Waals surface area contributed by atoms with Crippen molar-refractivity contribution in [2.24, 2.45) is 0 Å². The zero-order valence-electron chi connectivity index (χ0n) is 18.5. The van der Waals surface area contributed by atoms with Crippen LogP contribution in [0.3, 0.4) is 0 Å². The maximum Gasteiger partial charge on any atom is 0.255 e. The van der Waals surface area contributed by atoms with Gasteiger partial charge in [0.2, 0.25) is 0 Å². The Morgan fingerprint density at radius 1 is 1.10 bits per heavy atom. The fourth-order valence-electron chi connectivity index (χ4n) is 4.84. The molecule has 2 aromatic carbocycles. The molecular weight excluding hydrogens is 410 g/mol. The first-order valence-corrected chi connectivity index (χ1v) is 11.6. The lowest BCUT2D eigenvalue weighted by molar-refractivity contribution is 0.0921. The van der Waals surface area contributed by atoms with Gasteiger partial charge in [0.1, 0.15) is 5.75 Å². The van der Waals surface area contributed by atoms with E-state index in [0.29, 0.717) is 22.9 Å². The van der Waals surface area contributed by atoms with Gasteiger partial charge in [-0.2, -0.15) is 0 Å². The molecule has 1 saturated heterocycles. The molecule has 0 aliphatic carbocycles. The van der Waals surface area contributed by atoms with Crippen LogP contribution in [0.25, 0.3) is 0 Å². The average molecular weight is 442 g/mol. The molecule has 2 aromatic rings. The lowest BCUT2D eigenvalue weighted by Crippen LogP contribution is -2.40. The Labute approximate surface area is 190 Å². The maximum atomic E-state index is 13.0. The summed E-state index contributed by atoms with van der Waals surface area (Å²) >= 11 is 6.13. The number of ether oxygens (including phenoxy) is 1. The summed E-state index contributed by atoms with van der Waals surface area (Å²) in [6.07, 6.45) is 6.00. The van der Waals surface area contributed by atoms with Crippen molar-refractivity contribution >= 4 is 23.2 Å². The standard InChI is InChI=1S/C25H32ClN3O2/c1-28-12-6-7-18-15-19(8-10-22(18)28)23(29-13-4-3-5-14-29)17-27-25(30)21-16-20(26)9-11-24(21)31-2/h8-11,15-16,23H,3-7,12-14,17H2,1-2H3,(H,27,30)/t23-/m0/s1. The first-order chi connectivity index (χ1) is 15.1. The van der Waals surface area contributed by atoms with Crippen molar-refractivity contribution < 1.29 is 9.53 Å². The Kier molecular flexibility index (Phi) is 7.03. The zero-order valence-corrected chi connectivity index (χ0v) is 19.3. The number of hydrogen-bond acceptors (Lipinski definition) is 4. The number of amides is 1. The molecule has 2 aliphatic heterocycles. The number of halogens is 1. The van der Waals surface area contributed by atoms with Crippen LogP contribution in [-0.2, 0) is 6.42 Å². The van der Waals surface area contributed by atoms with E-state index in [9.17, 15) is 4.79 Å². The Bertz CT molecular complexity index is 927. The minimum atomic E-state index is -0.154. The number of nitrogens with one attached hydrogen (secondary N) is 1. The largest absolute Gasteiger partial charge is 0.496 e. The number of nitrogens with zero attached hydrogens (tertiary/aromatic N) is 2. The van der Waals surface area contributed by atoms with Gasteiger partial charge >= 0.3 is 0 Å². The lowest BCUT2D eigenvalue weighted by atomic mass is 9.95. The van der Waals surface area contributed by atoms with Gasteiger partial charge in [-0.15, -0.1) is 0 Å². The molecule has 166 valence electrons. The second-order valence-electron chi connectivity index (χ2n) is 8.58. The third-order valence-corrected chi connectivity index (χ3v) is 6.77. The van der Waals surface area contributed by atoms with Gasteiger partial charge in [0, 0.05) is 30.8 Å². The minimum absolute atomic E-state index is 0.154. The molecule has 5 nitrogen and oxygen atoms in total. The van der Waals surface area contributed by atoms with Crippen LogP contribution in [0.5, 0.6) is 5.75 Å². The summed E-state index contributed by atoms with van der Waals surface area (Å²) in [5.74, 6) is 0.382. The van der Waals surface area contributed by atoms with E-state index in [2.05, 4.69) is 40.4 Å². The molecule has 2 heterocycles. The highest BCUT2D eigenvalue weighted by Crippen LogP contribution is 2.32. The van der Waals surface area contributed by atoms with Crippen LogP contribution >= 0.6 is 11.6 Å². The van der Waals surface area contributed by atoms with Crippen LogP contribution in [0.4, 0.5) is 5.69 Å². The van der Waals surface area contributed by atoms with E-state index in [4.69, 9.17) is 16.3 Å². The van der Waals surface area contributed by atoms with E-state index in [1.807, 2.05) is 0 Å². The van der Waals surface area contributed by atoms with Crippen molar-refractivity contribution in [3.63, 3.8) is 0 Å². The number of benzene rings is 2. The Morgan fingerprint density at radius 2 is 1.90 bits per heavy atom. The molecule has 0 bridgehead atoms. The van der Waals surface area contributed by atoms with Crippen molar-refractivity contribution in [2.75, 3.05) is 45.2 Å². The molecule has 6 heteroatoms. The molecular formula is C25H32ClN3O2. The molecule has 2 aliphatic rings. The molecule has 0 spiro atoms. The predicted molar refractivity (Wildman–Crippen MR) is 127 cm³/mol. The topological polar surface area (TPSA) is 44.8 Å². The van der Waals surface area contributed by atoms with E-state index in [-0.39, 0.29) is 11.9 Å². The van der Waals surface area contributed by atoms with Gasteiger partial charge in [-0.25, -0.2) is 0 Å². The molecule has 4 rings (SSSR count). The summed E-state index contributed by atoms with van der Waals surface area (Å²) < 4.78 is 5.37. The lowest BCUT2D eigenvalue weighted by Gasteiger charge is -2.36. The summed E-state index contributed by atoms with van der Waals surface area (Å²) in [6, 6.07) is 12.1. The van der Waals surface area contributed by atoms with Crippen LogP contribution in [0.1, 0.15) is 53.2 Å². The second-order valence-corrected chi connectivity index (χ2v) is 9.02. The molecule has 1 N–H and O–H groups in total. The van der Waals surface area contributed by atoms with Gasteiger partial charge in [0.05, 0.1) is 18.7 Å². The third-order valence-electron chi connectivity index (χ3n) is 6.53. The van der Waals surface area contributed by atoms with E-state index in [1.54, 1.807) is 25.3 Å².